The Labute approximate surface area is 270 Å². The second kappa shape index (κ2) is 15.0. The van der Waals surface area contributed by atoms with Crippen LogP contribution in [-0.4, -0.2) is 96.7 Å². The molecule has 2 aliphatic heterocycles. The maximum atomic E-state index is 11.2. The number of nitrogens with zero attached hydrogens (tertiary/aromatic N) is 1. The van der Waals surface area contributed by atoms with Crippen LogP contribution in [0.15, 0.2) is 23.6 Å². The first kappa shape index (κ1) is 35.0. The van der Waals surface area contributed by atoms with Gasteiger partial charge in [-0.2, -0.15) is 0 Å². The third kappa shape index (κ3) is 9.79. The van der Waals surface area contributed by atoms with E-state index < -0.39 is 38.0 Å². The number of hydrogen-bond donors (Lipinski definition) is 1. The number of fused-ring (bicyclic) bond motifs is 2. The molecule has 8 atom stereocenters. The minimum absolute atomic E-state index is 0. The van der Waals surface area contributed by atoms with Gasteiger partial charge in [0.2, 0.25) is 0 Å². The number of nitrogens with one attached hydrogen (secondary N) is 1. The van der Waals surface area contributed by atoms with Crippen molar-refractivity contribution in [2.45, 2.75) is 106 Å². The average Bonchev–Trinajstić information content (AvgIpc) is 3.34. The van der Waals surface area contributed by atoms with Crippen LogP contribution < -0.4 is 34.5 Å². The van der Waals surface area contributed by atoms with Gasteiger partial charge in [0.15, 0.2) is 6.10 Å². The second-order valence-electron chi connectivity index (χ2n) is 11.1. The van der Waals surface area contributed by atoms with Crippen molar-refractivity contribution in [3.05, 3.63) is 23.6 Å². The summed E-state index contributed by atoms with van der Waals surface area (Å²) in [5.41, 5.74) is 0.965. The summed E-state index contributed by atoms with van der Waals surface area (Å²) in [4.78, 5) is 3.13. The molecule has 2 heterocycles. The molecule has 40 heavy (non-hydrogen) atoms. The van der Waals surface area contributed by atoms with Gasteiger partial charge in [0, 0.05) is 53.8 Å². The van der Waals surface area contributed by atoms with Crippen LogP contribution >= 0.6 is 23.2 Å². The van der Waals surface area contributed by atoms with Crippen molar-refractivity contribution in [3.63, 3.8) is 0 Å². The molecule has 4 rings (SSSR count). The Balaban J connectivity index is 0.00000441. The van der Waals surface area contributed by atoms with Crippen LogP contribution in [0.4, 0.5) is 0 Å². The molecule has 0 aromatic carbocycles. The Morgan fingerprint density at radius 3 is 2.27 bits per heavy atom. The molecule has 0 bridgehead atoms. The van der Waals surface area contributed by atoms with E-state index in [1.165, 1.54) is 0 Å². The molecule has 1 N–H and O–H groups in total. The zero-order valence-electron chi connectivity index (χ0n) is 23.2. The standard InChI is InChI=1S/C25H40Cl2N2O8S2.Na/c1-2-17(13-24-28(9-3-11-38(30,31)32)20-15-18(26)5-7-22(20)36-24)14-25-29(10-4-12-39(33,34)35)21-16-19(27)6-8-23(21)37-25;/h13-14,18-24H,2-12,15-16H2,1H3,(H,30,31,32)(H,33,34,35);/q;+1/p-1. The van der Waals surface area contributed by atoms with E-state index in [4.69, 9.17) is 32.7 Å². The molecule has 2 aliphatic carbocycles. The summed E-state index contributed by atoms with van der Waals surface area (Å²) in [5.74, 6) is -0.134. The summed E-state index contributed by atoms with van der Waals surface area (Å²) in [7, 11) is -8.61. The van der Waals surface area contributed by atoms with E-state index in [0.717, 1.165) is 49.0 Å². The Kier molecular flexibility index (Phi) is 13.2. The van der Waals surface area contributed by atoms with E-state index in [0.29, 0.717) is 25.4 Å². The first-order valence-electron chi connectivity index (χ1n) is 13.8. The van der Waals surface area contributed by atoms with Crippen LogP contribution in [0, 0.1) is 0 Å². The summed E-state index contributed by atoms with van der Waals surface area (Å²) < 4.78 is 80.0. The maximum absolute atomic E-state index is 11.2. The molecule has 2 saturated carbocycles. The van der Waals surface area contributed by atoms with Crippen LogP contribution in [0.2, 0.25) is 0 Å². The molecule has 0 spiro atoms. The fourth-order valence-electron chi connectivity index (χ4n) is 6.39. The minimum Gasteiger partial charge on any atom is -0.748 e. The van der Waals surface area contributed by atoms with E-state index in [-0.39, 0.29) is 77.4 Å². The number of hydrogen-bond acceptors (Lipinski definition) is 9. The van der Waals surface area contributed by atoms with Gasteiger partial charge in [-0.1, -0.05) is 6.92 Å². The summed E-state index contributed by atoms with van der Waals surface area (Å²) in [6.45, 7) is 2.88. The van der Waals surface area contributed by atoms with Crippen LogP contribution in [-0.2, 0) is 29.7 Å². The van der Waals surface area contributed by atoms with Gasteiger partial charge in [-0.3, -0.25) is 9.80 Å². The third-order valence-corrected chi connectivity index (χ3v) is 10.6. The van der Waals surface area contributed by atoms with E-state index in [1.54, 1.807) is 0 Å². The summed E-state index contributed by atoms with van der Waals surface area (Å²) in [6, 6.07) is 0.141. The first-order chi connectivity index (χ1) is 18.3. The summed E-state index contributed by atoms with van der Waals surface area (Å²) in [6.07, 6.45) is 9.52. The van der Waals surface area contributed by atoms with Crippen LogP contribution in [0.1, 0.15) is 64.7 Å². The largest absolute Gasteiger partial charge is 1.00 e. The second-order valence-corrected chi connectivity index (χ2v) is 15.3. The number of alkyl halides is 2. The summed E-state index contributed by atoms with van der Waals surface area (Å²) >= 11 is 12.9. The Morgan fingerprint density at radius 2 is 1.62 bits per heavy atom. The molecule has 0 aromatic rings. The Hall–Kier alpha value is 0.560. The van der Waals surface area contributed by atoms with Crippen molar-refractivity contribution in [1.82, 2.24) is 4.90 Å². The van der Waals surface area contributed by atoms with Crippen molar-refractivity contribution in [1.29, 1.82) is 0 Å². The first-order valence-corrected chi connectivity index (χ1v) is 17.9. The van der Waals surface area contributed by atoms with Gasteiger partial charge >= 0.3 is 29.6 Å². The zero-order chi connectivity index (χ0) is 28.4. The molecular weight excluding hydrogens is 614 g/mol. The topological polar surface area (TPSA) is 141 Å². The number of halogens is 2. The third-order valence-electron chi connectivity index (χ3n) is 8.26. The quantitative estimate of drug-likeness (QED) is 0.163. The van der Waals surface area contributed by atoms with E-state index >= 15 is 0 Å². The van der Waals surface area contributed by atoms with Crippen molar-refractivity contribution in [2.24, 2.45) is 0 Å². The maximum Gasteiger partial charge on any atom is 1.00 e. The minimum atomic E-state index is -4.31. The van der Waals surface area contributed by atoms with Crippen molar-refractivity contribution in [3.8, 4) is 0 Å². The van der Waals surface area contributed by atoms with Crippen LogP contribution in [0.3, 0.4) is 0 Å². The molecule has 0 radical (unpaired) electrons. The fraction of sp³-hybridized carbons (Fsp3) is 0.840. The van der Waals surface area contributed by atoms with Gasteiger partial charge in [-0.25, -0.2) is 16.8 Å². The van der Waals surface area contributed by atoms with Crippen molar-refractivity contribution in [2.75, 3.05) is 24.6 Å². The molecule has 8 unspecified atom stereocenters. The number of rotatable bonds is 11. The van der Waals surface area contributed by atoms with Gasteiger partial charge in [-0.15, -0.1) is 23.2 Å². The van der Waals surface area contributed by atoms with Crippen molar-refractivity contribution >= 4 is 43.4 Å². The van der Waals surface area contributed by atoms with Gasteiger partial charge in [-0.05, 0) is 56.6 Å². The number of quaternary nitrogens is 1. The summed E-state index contributed by atoms with van der Waals surface area (Å²) in [5, 5.41) is 0.0493. The SMILES string of the molecule is CCC(=CC1OC2CCC(Cl)CC2N1CCCS(=O)(=O)[O-])C=C1OC2CCC(Cl)CC2[NH+]1CCCS(=O)(=O)[O-].[Na+]. The monoisotopic (exact) mass is 652 g/mol. The molecule has 0 aromatic heterocycles. The average molecular weight is 654 g/mol. The van der Waals surface area contributed by atoms with Crippen LogP contribution in [0.5, 0.6) is 0 Å². The number of allylic oxidation sites excluding steroid dienone is 2. The number of ether oxygens (including phenoxy) is 2. The van der Waals surface area contributed by atoms with Gasteiger partial charge in [0.05, 0.1) is 32.9 Å². The molecule has 0 amide bonds. The molecule has 224 valence electrons. The molecule has 15 heteroatoms. The predicted molar refractivity (Wildman–Crippen MR) is 145 cm³/mol. The van der Waals surface area contributed by atoms with E-state index in [9.17, 15) is 25.9 Å². The van der Waals surface area contributed by atoms with Crippen LogP contribution in [0.25, 0.3) is 0 Å². The normalized spacial score (nSPS) is 36.1. The molecular formula is C25H39Cl2N2NaO8S2. The Morgan fingerprint density at radius 1 is 1.00 bits per heavy atom. The Bertz CT molecular complexity index is 1140. The van der Waals surface area contributed by atoms with Gasteiger partial charge in [0.1, 0.15) is 12.3 Å². The molecule has 10 nitrogen and oxygen atoms in total. The van der Waals surface area contributed by atoms with E-state index in [1.807, 2.05) is 19.1 Å². The van der Waals surface area contributed by atoms with Gasteiger partial charge < -0.3 is 18.6 Å². The molecule has 4 fully saturated rings. The molecule has 4 aliphatic rings. The van der Waals surface area contributed by atoms with E-state index in [2.05, 4.69) is 4.90 Å². The van der Waals surface area contributed by atoms with Crippen molar-refractivity contribution < 1.29 is 69.9 Å². The predicted octanol–water partition coefficient (Wildman–Crippen LogP) is -1.33. The fourth-order valence-corrected chi connectivity index (χ4v) is 8.00. The smallest absolute Gasteiger partial charge is 0.748 e. The zero-order valence-corrected chi connectivity index (χ0v) is 28.3. The molecule has 2 saturated heterocycles. The van der Waals surface area contributed by atoms with Gasteiger partial charge in [0.25, 0.3) is 5.88 Å².